The topological polar surface area (TPSA) is 26.0 Å². The van der Waals surface area contributed by atoms with Gasteiger partial charge >= 0.3 is 0 Å². The standard InChI is InChI=1S/C15H31N/c1-14(2,3)12-8-7-11(10-16)9-13(12)15(4,5)6/h11-13H,7-10,16H2,1-6H3. The summed E-state index contributed by atoms with van der Waals surface area (Å²) in [4.78, 5) is 0. The van der Waals surface area contributed by atoms with Crippen LogP contribution in [0.3, 0.4) is 0 Å². The maximum absolute atomic E-state index is 5.86. The SMILES string of the molecule is CC(C)(C)C1CCC(CN)CC1C(C)(C)C. The number of rotatable bonds is 1. The van der Waals surface area contributed by atoms with Gasteiger partial charge in [0.25, 0.3) is 0 Å². The van der Waals surface area contributed by atoms with Gasteiger partial charge in [-0.1, -0.05) is 41.5 Å². The first kappa shape index (κ1) is 14.0. The lowest BCUT2D eigenvalue weighted by Crippen LogP contribution is -2.41. The minimum atomic E-state index is 0.422. The Morgan fingerprint density at radius 3 is 1.75 bits per heavy atom. The molecule has 0 aromatic carbocycles. The summed E-state index contributed by atoms with van der Waals surface area (Å²) in [7, 11) is 0. The summed E-state index contributed by atoms with van der Waals surface area (Å²) in [5, 5.41) is 0. The molecule has 0 amide bonds. The highest BCUT2D eigenvalue weighted by Gasteiger charge is 2.42. The Labute approximate surface area is 102 Å². The van der Waals surface area contributed by atoms with Gasteiger partial charge in [-0.2, -0.15) is 0 Å². The van der Waals surface area contributed by atoms with Crippen LogP contribution in [0.5, 0.6) is 0 Å². The lowest BCUT2D eigenvalue weighted by molar-refractivity contribution is 0.0133. The van der Waals surface area contributed by atoms with E-state index in [9.17, 15) is 0 Å². The van der Waals surface area contributed by atoms with Crippen LogP contribution in [0.15, 0.2) is 0 Å². The van der Waals surface area contributed by atoms with E-state index in [-0.39, 0.29) is 0 Å². The molecule has 1 fully saturated rings. The van der Waals surface area contributed by atoms with Crippen molar-refractivity contribution in [3.8, 4) is 0 Å². The Bertz CT molecular complexity index is 219. The zero-order valence-electron chi connectivity index (χ0n) is 12.1. The van der Waals surface area contributed by atoms with Crippen molar-refractivity contribution < 1.29 is 0 Å². The van der Waals surface area contributed by atoms with E-state index >= 15 is 0 Å². The minimum absolute atomic E-state index is 0.422. The van der Waals surface area contributed by atoms with E-state index in [1.807, 2.05) is 0 Å². The molecule has 1 nitrogen and oxygen atoms in total. The van der Waals surface area contributed by atoms with E-state index in [2.05, 4.69) is 41.5 Å². The van der Waals surface area contributed by atoms with Gasteiger partial charge in [0.05, 0.1) is 0 Å². The molecule has 0 aliphatic heterocycles. The average molecular weight is 225 g/mol. The lowest BCUT2D eigenvalue weighted by atomic mass is 9.57. The van der Waals surface area contributed by atoms with Crippen LogP contribution in [0.1, 0.15) is 60.8 Å². The van der Waals surface area contributed by atoms with Gasteiger partial charge in [-0.15, -0.1) is 0 Å². The molecule has 1 heteroatoms. The van der Waals surface area contributed by atoms with Crippen LogP contribution >= 0.6 is 0 Å². The van der Waals surface area contributed by atoms with Crippen molar-refractivity contribution in [1.82, 2.24) is 0 Å². The molecule has 16 heavy (non-hydrogen) atoms. The highest BCUT2D eigenvalue weighted by atomic mass is 14.6. The van der Waals surface area contributed by atoms with E-state index in [4.69, 9.17) is 5.73 Å². The third-order valence-electron chi connectivity index (χ3n) is 4.52. The van der Waals surface area contributed by atoms with Crippen LogP contribution in [0.25, 0.3) is 0 Å². The second-order valence-electron chi connectivity index (χ2n) is 7.86. The van der Waals surface area contributed by atoms with Crippen molar-refractivity contribution in [3.05, 3.63) is 0 Å². The summed E-state index contributed by atoms with van der Waals surface area (Å²) in [5.74, 6) is 2.45. The molecular weight excluding hydrogens is 194 g/mol. The highest BCUT2D eigenvalue weighted by molar-refractivity contribution is 4.92. The van der Waals surface area contributed by atoms with Crippen molar-refractivity contribution in [2.45, 2.75) is 60.8 Å². The van der Waals surface area contributed by atoms with Crippen LogP contribution in [0, 0.1) is 28.6 Å². The molecule has 1 saturated carbocycles. The summed E-state index contributed by atoms with van der Waals surface area (Å²) in [6, 6.07) is 0. The fourth-order valence-electron chi connectivity index (χ4n) is 3.47. The van der Waals surface area contributed by atoms with E-state index in [0.717, 1.165) is 24.3 Å². The summed E-state index contributed by atoms with van der Waals surface area (Å²) in [6.07, 6.45) is 4.04. The molecule has 0 radical (unpaired) electrons. The molecule has 1 aliphatic rings. The summed E-state index contributed by atoms with van der Waals surface area (Å²) in [5.41, 5.74) is 6.73. The van der Waals surface area contributed by atoms with E-state index < -0.39 is 0 Å². The zero-order valence-corrected chi connectivity index (χ0v) is 12.1. The smallest absolute Gasteiger partial charge is 0.00488 e. The van der Waals surface area contributed by atoms with Crippen molar-refractivity contribution >= 4 is 0 Å². The first-order valence-corrected chi connectivity index (χ1v) is 6.86. The fourth-order valence-corrected chi connectivity index (χ4v) is 3.47. The Balaban J connectivity index is 2.85. The van der Waals surface area contributed by atoms with Gasteiger partial charge in [0.2, 0.25) is 0 Å². The zero-order chi connectivity index (χ0) is 12.6. The molecule has 0 aromatic heterocycles. The van der Waals surface area contributed by atoms with E-state index in [1.54, 1.807) is 0 Å². The van der Waals surface area contributed by atoms with Crippen LogP contribution in [0.4, 0.5) is 0 Å². The van der Waals surface area contributed by atoms with Gasteiger partial charge in [-0.3, -0.25) is 0 Å². The number of hydrogen-bond acceptors (Lipinski definition) is 1. The summed E-state index contributed by atoms with van der Waals surface area (Å²) >= 11 is 0. The monoisotopic (exact) mass is 225 g/mol. The van der Waals surface area contributed by atoms with Crippen LogP contribution in [-0.4, -0.2) is 6.54 Å². The average Bonchev–Trinajstić information content (AvgIpc) is 2.14. The second kappa shape index (κ2) is 4.68. The van der Waals surface area contributed by atoms with Gasteiger partial charge in [0, 0.05) is 0 Å². The summed E-state index contributed by atoms with van der Waals surface area (Å²) < 4.78 is 0. The van der Waals surface area contributed by atoms with Gasteiger partial charge in [-0.05, 0) is 54.4 Å². The molecule has 1 aliphatic carbocycles. The van der Waals surface area contributed by atoms with E-state index in [1.165, 1.54) is 19.3 Å². The van der Waals surface area contributed by atoms with Crippen molar-refractivity contribution in [2.24, 2.45) is 34.3 Å². The maximum Gasteiger partial charge on any atom is -0.00488 e. The third kappa shape index (κ3) is 3.23. The van der Waals surface area contributed by atoms with Crippen molar-refractivity contribution in [2.75, 3.05) is 6.54 Å². The third-order valence-corrected chi connectivity index (χ3v) is 4.52. The first-order chi connectivity index (χ1) is 7.16. The normalized spacial score (nSPS) is 32.8. The molecule has 3 atom stereocenters. The van der Waals surface area contributed by atoms with Crippen LogP contribution in [0.2, 0.25) is 0 Å². The predicted octanol–water partition coefficient (Wildman–Crippen LogP) is 4.07. The van der Waals surface area contributed by atoms with E-state index in [0.29, 0.717) is 10.8 Å². The summed E-state index contributed by atoms with van der Waals surface area (Å²) in [6.45, 7) is 15.3. The molecular formula is C15H31N. The van der Waals surface area contributed by atoms with Crippen LogP contribution < -0.4 is 5.73 Å². The minimum Gasteiger partial charge on any atom is -0.330 e. The molecule has 3 unspecified atom stereocenters. The highest BCUT2D eigenvalue weighted by Crippen LogP contribution is 2.50. The maximum atomic E-state index is 5.86. The second-order valence-corrected chi connectivity index (χ2v) is 7.86. The molecule has 0 heterocycles. The van der Waals surface area contributed by atoms with Gasteiger partial charge < -0.3 is 5.73 Å². The Morgan fingerprint density at radius 2 is 1.38 bits per heavy atom. The molecule has 2 N–H and O–H groups in total. The molecule has 0 bridgehead atoms. The number of nitrogens with two attached hydrogens (primary N) is 1. The van der Waals surface area contributed by atoms with Gasteiger partial charge in [0.15, 0.2) is 0 Å². The first-order valence-electron chi connectivity index (χ1n) is 6.86. The molecule has 96 valence electrons. The lowest BCUT2D eigenvalue weighted by Gasteiger charge is -2.48. The fraction of sp³-hybridized carbons (Fsp3) is 1.00. The predicted molar refractivity (Wildman–Crippen MR) is 72.3 cm³/mol. The largest absolute Gasteiger partial charge is 0.330 e. The van der Waals surface area contributed by atoms with Crippen molar-refractivity contribution in [1.29, 1.82) is 0 Å². The molecule has 0 aromatic rings. The van der Waals surface area contributed by atoms with Gasteiger partial charge in [0.1, 0.15) is 0 Å². The quantitative estimate of drug-likeness (QED) is 0.715. The Hall–Kier alpha value is -0.0400. The molecule has 1 rings (SSSR count). The van der Waals surface area contributed by atoms with Crippen LogP contribution in [-0.2, 0) is 0 Å². The molecule has 0 spiro atoms. The number of hydrogen-bond donors (Lipinski definition) is 1. The molecule has 0 saturated heterocycles. The Morgan fingerprint density at radius 1 is 0.875 bits per heavy atom. The Kier molecular flexibility index (Phi) is 4.10. The van der Waals surface area contributed by atoms with Gasteiger partial charge in [-0.25, -0.2) is 0 Å². The van der Waals surface area contributed by atoms with Crippen molar-refractivity contribution in [3.63, 3.8) is 0 Å².